The molecule has 1 rings (SSSR count). The molecule has 0 bridgehead atoms. The molecular weight excluding hydrogens is 160 g/mol. The van der Waals surface area contributed by atoms with E-state index in [9.17, 15) is 5.11 Å². The summed E-state index contributed by atoms with van der Waals surface area (Å²) in [5.41, 5.74) is 0. The Hall–Kier alpha value is -0.300. The summed E-state index contributed by atoms with van der Waals surface area (Å²) in [6.45, 7) is 4.42. The van der Waals surface area contributed by atoms with Gasteiger partial charge in [0.15, 0.2) is 0 Å². The third-order valence-electron chi connectivity index (χ3n) is 2.99. The van der Waals surface area contributed by atoms with Crippen molar-refractivity contribution in [3.05, 3.63) is 12.2 Å². The summed E-state index contributed by atoms with van der Waals surface area (Å²) in [5, 5.41) is 9.70. The van der Waals surface area contributed by atoms with Crippen LogP contribution in [0.4, 0.5) is 0 Å². The SMILES string of the molecule is CCCC1C=CC(O)C(CCC)C1. The van der Waals surface area contributed by atoms with Crippen LogP contribution < -0.4 is 0 Å². The van der Waals surface area contributed by atoms with Crippen molar-refractivity contribution in [1.82, 2.24) is 0 Å². The monoisotopic (exact) mass is 182 g/mol. The minimum absolute atomic E-state index is 0.173. The van der Waals surface area contributed by atoms with E-state index in [0.717, 1.165) is 5.92 Å². The summed E-state index contributed by atoms with van der Waals surface area (Å²) in [4.78, 5) is 0. The quantitative estimate of drug-likeness (QED) is 0.662. The minimum atomic E-state index is -0.173. The smallest absolute Gasteiger partial charge is 0.0749 e. The normalized spacial score (nSPS) is 33.6. The van der Waals surface area contributed by atoms with E-state index in [1.54, 1.807) is 0 Å². The lowest BCUT2D eigenvalue weighted by Gasteiger charge is -2.28. The van der Waals surface area contributed by atoms with Crippen LogP contribution in [-0.2, 0) is 0 Å². The van der Waals surface area contributed by atoms with Gasteiger partial charge in [-0.15, -0.1) is 0 Å². The van der Waals surface area contributed by atoms with Crippen molar-refractivity contribution in [3.8, 4) is 0 Å². The lowest BCUT2D eigenvalue weighted by molar-refractivity contribution is 0.120. The van der Waals surface area contributed by atoms with Crippen LogP contribution in [0.15, 0.2) is 12.2 Å². The van der Waals surface area contributed by atoms with E-state index >= 15 is 0 Å². The maximum atomic E-state index is 9.70. The lowest BCUT2D eigenvalue weighted by Crippen LogP contribution is -2.24. The zero-order chi connectivity index (χ0) is 9.68. The molecule has 13 heavy (non-hydrogen) atoms. The van der Waals surface area contributed by atoms with Crippen molar-refractivity contribution in [1.29, 1.82) is 0 Å². The first-order valence-electron chi connectivity index (χ1n) is 5.64. The van der Waals surface area contributed by atoms with Gasteiger partial charge in [0.05, 0.1) is 6.10 Å². The molecule has 0 aromatic heterocycles. The van der Waals surface area contributed by atoms with E-state index in [4.69, 9.17) is 0 Å². The second kappa shape index (κ2) is 5.43. The zero-order valence-corrected chi connectivity index (χ0v) is 8.87. The highest BCUT2D eigenvalue weighted by atomic mass is 16.3. The Morgan fingerprint density at radius 1 is 1.15 bits per heavy atom. The number of hydrogen-bond donors (Lipinski definition) is 1. The van der Waals surface area contributed by atoms with E-state index in [1.165, 1.54) is 32.1 Å². The van der Waals surface area contributed by atoms with Gasteiger partial charge in [0.1, 0.15) is 0 Å². The average molecular weight is 182 g/mol. The van der Waals surface area contributed by atoms with Crippen LogP contribution in [-0.4, -0.2) is 11.2 Å². The molecule has 1 aliphatic carbocycles. The van der Waals surface area contributed by atoms with E-state index in [-0.39, 0.29) is 6.10 Å². The maximum Gasteiger partial charge on any atom is 0.0749 e. The predicted octanol–water partition coefficient (Wildman–Crippen LogP) is 3.14. The van der Waals surface area contributed by atoms with Gasteiger partial charge in [-0.1, -0.05) is 38.8 Å². The second-order valence-corrected chi connectivity index (χ2v) is 4.21. The Kier molecular flexibility index (Phi) is 4.51. The van der Waals surface area contributed by atoms with E-state index in [0.29, 0.717) is 5.92 Å². The number of hydrogen-bond acceptors (Lipinski definition) is 1. The zero-order valence-electron chi connectivity index (χ0n) is 8.87. The van der Waals surface area contributed by atoms with Crippen molar-refractivity contribution in [3.63, 3.8) is 0 Å². The van der Waals surface area contributed by atoms with Crippen LogP contribution in [0.2, 0.25) is 0 Å². The van der Waals surface area contributed by atoms with Crippen molar-refractivity contribution in [2.45, 2.75) is 52.1 Å². The van der Waals surface area contributed by atoms with Gasteiger partial charge in [-0.25, -0.2) is 0 Å². The fourth-order valence-electron chi connectivity index (χ4n) is 2.28. The maximum absolute atomic E-state index is 9.70. The largest absolute Gasteiger partial charge is 0.389 e. The summed E-state index contributed by atoms with van der Waals surface area (Å²) in [6.07, 6.45) is 10.1. The summed E-state index contributed by atoms with van der Waals surface area (Å²) in [6, 6.07) is 0. The van der Waals surface area contributed by atoms with E-state index in [1.807, 2.05) is 6.08 Å². The highest BCUT2D eigenvalue weighted by Gasteiger charge is 2.23. The van der Waals surface area contributed by atoms with Gasteiger partial charge < -0.3 is 5.11 Å². The summed E-state index contributed by atoms with van der Waals surface area (Å²) in [7, 11) is 0. The van der Waals surface area contributed by atoms with Crippen LogP contribution in [0.3, 0.4) is 0 Å². The van der Waals surface area contributed by atoms with Gasteiger partial charge in [0.2, 0.25) is 0 Å². The summed E-state index contributed by atoms with van der Waals surface area (Å²) >= 11 is 0. The number of allylic oxidation sites excluding steroid dienone is 1. The molecule has 0 aromatic carbocycles. The van der Waals surface area contributed by atoms with Crippen LogP contribution in [0, 0.1) is 11.8 Å². The molecule has 1 N–H and O–H groups in total. The number of aliphatic hydroxyl groups is 1. The highest BCUT2D eigenvalue weighted by molar-refractivity contribution is 5.01. The fourth-order valence-corrected chi connectivity index (χ4v) is 2.28. The molecule has 0 radical (unpaired) electrons. The van der Waals surface area contributed by atoms with Gasteiger partial charge >= 0.3 is 0 Å². The predicted molar refractivity (Wildman–Crippen MR) is 56.6 cm³/mol. The Morgan fingerprint density at radius 2 is 1.85 bits per heavy atom. The molecule has 0 amide bonds. The molecule has 1 nitrogen and oxygen atoms in total. The second-order valence-electron chi connectivity index (χ2n) is 4.21. The molecule has 0 aromatic rings. The number of rotatable bonds is 4. The molecule has 0 saturated heterocycles. The average Bonchev–Trinajstić information content (AvgIpc) is 2.12. The fraction of sp³-hybridized carbons (Fsp3) is 0.833. The van der Waals surface area contributed by atoms with Crippen molar-refractivity contribution >= 4 is 0 Å². The summed E-state index contributed by atoms with van der Waals surface area (Å²) in [5.74, 6) is 1.25. The number of aliphatic hydroxyl groups excluding tert-OH is 1. The van der Waals surface area contributed by atoms with Gasteiger partial charge in [-0.05, 0) is 31.1 Å². The van der Waals surface area contributed by atoms with Gasteiger partial charge in [-0.2, -0.15) is 0 Å². The van der Waals surface area contributed by atoms with E-state index in [2.05, 4.69) is 19.9 Å². The molecule has 0 aliphatic heterocycles. The minimum Gasteiger partial charge on any atom is -0.389 e. The lowest BCUT2D eigenvalue weighted by atomic mass is 9.80. The van der Waals surface area contributed by atoms with Crippen LogP contribution in [0.25, 0.3) is 0 Å². The Bertz CT molecular complexity index is 163. The van der Waals surface area contributed by atoms with Crippen LogP contribution in [0.5, 0.6) is 0 Å². The first-order chi connectivity index (χ1) is 6.27. The third kappa shape index (κ3) is 3.15. The third-order valence-corrected chi connectivity index (χ3v) is 2.99. The van der Waals surface area contributed by atoms with Crippen molar-refractivity contribution in [2.24, 2.45) is 11.8 Å². The molecule has 3 unspecified atom stereocenters. The van der Waals surface area contributed by atoms with Crippen molar-refractivity contribution < 1.29 is 5.11 Å². The molecule has 1 heteroatoms. The highest BCUT2D eigenvalue weighted by Crippen LogP contribution is 2.29. The first-order valence-corrected chi connectivity index (χ1v) is 5.64. The van der Waals surface area contributed by atoms with Gasteiger partial charge in [-0.3, -0.25) is 0 Å². The van der Waals surface area contributed by atoms with Crippen LogP contribution >= 0.6 is 0 Å². The van der Waals surface area contributed by atoms with Crippen molar-refractivity contribution in [2.75, 3.05) is 0 Å². The Morgan fingerprint density at radius 3 is 2.46 bits per heavy atom. The molecule has 3 atom stereocenters. The molecule has 0 saturated carbocycles. The van der Waals surface area contributed by atoms with Crippen LogP contribution in [0.1, 0.15) is 46.0 Å². The topological polar surface area (TPSA) is 20.2 Å². The molecular formula is C12H22O. The van der Waals surface area contributed by atoms with Gasteiger partial charge in [0, 0.05) is 0 Å². The van der Waals surface area contributed by atoms with E-state index < -0.39 is 0 Å². The first kappa shape index (κ1) is 10.8. The summed E-state index contributed by atoms with van der Waals surface area (Å²) < 4.78 is 0. The molecule has 1 aliphatic rings. The standard InChI is InChI=1S/C12H22O/c1-3-5-10-7-8-12(13)11(9-10)6-4-2/h7-8,10-13H,3-6,9H2,1-2H3. The molecule has 0 spiro atoms. The molecule has 0 heterocycles. The molecule has 76 valence electrons. The molecule has 0 fully saturated rings. The van der Waals surface area contributed by atoms with Gasteiger partial charge in [0.25, 0.3) is 0 Å². The Labute approximate surface area is 81.9 Å². The Balaban J connectivity index is 2.44.